The Morgan fingerprint density at radius 3 is 2.80 bits per heavy atom. The Morgan fingerprint density at radius 1 is 1.47 bits per heavy atom. The van der Waals surface area contributed by atoms with Crippen LogP contribution in [-0.4, -0.2) is 16.2 Å². The normalized spacial score (nSPS) is 10.7. The Balaban J connectivity index is 2.80. The van der Waals surface area contributed by atoms with E-state index in [1.807, 2.05) is 6.92 Å². The van der Waals surface area contributed by atoms with Crippen LogP contribution in [-0.2, 0) is 6.42 Å². The number of furan rings is 1. The molecule has 0 fully saturated rings. The first kappa shape index (κ1) is 9.58. The molecular weight excluding hydrogens is 196 g/mol. The molecule has 0 bridgehead atoms. The number of carboxylic acids is 1. The molecule has 2 aromatic rings. The minimum Gasteiger partial charge on any atom is -0.507 e. The Morgan fingerprint density at radius 2 is 2.20 bits per heavy atom. The topological polar surface area (TPSA) is 70.7 Å². The maximum Gasteiger partial charge on any atom is 0.343 e. The van der Waals surface area contributed by atoms with Gasteiger partial charge in [-0.3, -0.25) is 0 Å². The van der Waals surface area contributed by atoms with Crippen molar-refractivity contribution in [1.29, 1.82) is 0 Å². The van der Waals surface area contributed by atoms with Gasteiger partial charge in [-0.05, 0) is 18.2 Å². The van der Waals surface area contributed by atoms with Gasteiger partial charge in [0.05, 0.1) is 0 Å². The van der Waals surface area contributed by atoms with Crippen molar-refractivity contribution >= 4 is 16.9 Å². The van der Waals surface area contributed by atoms with E-state index >= 15 is 0 Å². The summed E-state index contributed by atoms with van der Waals surface area (Å²) in [6.07, 6.45) is 0.689. The number of aromatic hydroxyl groups is 1. The molecule has 0 aliphatic heterocycles. The lowest BCUT2D eigenvalue weighted by molar-refractivity contribution is 0.0694. The van der Waals surface area contributed by atoms with Crippen molar-refractivity contribution < 1.29 is 19.4 Å². The second-order valence-electron chi connectivity index (χ2n) is 3.25. The number of fused-ring (bicyclic) bond motifs is 1. The molecule has 4 nitrogen and oxygen atoms in total. The molecule has 0 spiro atoms. The predicted octanol–water partition coefficient (Wildman–Crippen LogP) is 2.40. The Hall–Kier alpha value is -1.97. The highest BCUT2D eigenvalue weighted by molar-refractivity contribution is 6.03. The fourth-order valence-corrected chi connectivity index (χ4v) is 1.53. The van der Waals surface area contributed by atoms with E-state index in [2.05, 4.69) is 0 Å². The van der Waals surface area contributed by atoms with Crippen molar-refractivity contribution in [3.63, 3.8) is 0 Å². The SMILES string of the molecule is CCc1cc2ccc(O)c(C(=O)O)c2o1. The van der Waals surface area contributed by atoms with Crippen molar-refractivity contribution in [2.24, 2.45) is 0 Å². The van der Waals surface area contributed by atoms with Crippen molar-refractivity contribution in [3.05, 3.63) is 29.5 Å². The number of phenols is 1. The summed E-state index contributed by atoms with van der Waals surface area (Å²) in [5.74, 6) is -0.750. The molecule has 2 rings (SSSR count). The molecule has 2 N–H and O–H groups in total. The third-order valence-electron chi connectivity index (χ3n) is 2.28. The fourth-order valence-electron chi connectivity index (χ4n) is 1.53. The molecule has 0 unspecified atom stereocenters. The first-order valence-electron chi connectivity index (χ1n) is 4.61. The number of carbonyl (C=O) groups is 1. The third kappa shape index (κ3) is 1.44. The lowest BCUT2D eigenvalue weighted by Crippen LogP contribution is -1.96. The Kier molecular flexibility index (Phi) is 2.11. The smallest absolute Gasteiger partial charge is 0.343 e. The second kappa shape index (κ2) is 3.31. The number of carboxylic acid groups (broad SMARTS) is 1. The number of hydrogen-bond donors (Lipinski definition) is 2. The molecule has 0 radical (unpaired) electrons. The van der Waals surface area contributed by atoms with Crippen LogP contribution in [0.5, 0.6) is 5.75 Å². The summed E-state index contributed by atoms with van der Waals surface area (Å²) in [6.45, 7) is 1.91. The molecule has 0 aliphatic rings. The summed E-state index contributed by atoms with van der Waals surface area (Å²) in [7, 11) is 0. The van der Waals surface area contributed by atoms with Gasteiger partial charge >= 0.3 is 5.97 Å². The number of aryl methyl sites for hydroxylation is 1. The van der Waals surface area contributed by atoms with Crippen LogP contribution in [0.2, 0.25) is 0 Å². The van der Waals surface area contributed by atoms with Crippen molar-refractivity contribution in [2.75, 3.05) is 0 Å². The zero-order valence-electron chi connectivity index (χ0n) is 8.15. The molecule has 0 atom stereocenters. The second-order valence-corrected chi connectivity index (χ2v) is 3.25. The number of hydrogen-bond acceptors (Lipinski definition) is 3. The van der Waals surface area contributed by atoms with Gasteiger partial charge in [-0.2, -0.15) is 0 Å². The van der Waals surface area contributed by atoms with Crippen LogP contribution in [0.3, 0.4) is 0 Å². The van der Waals surface area contributed by atoms with E-state index in [9.17, 15) is 9.90 Å². The van der Waals surface area contributed by atoms with Gasteiger partial charge in [0.25, 0.3) is 0 Å². The van der Waals surface area contributed by atoms with Gasteiger partial charge < -0.3 is 14.6 Å². The molecule has 1 aromatic heterocycles. The fraction of sp³-hybridized carbons (Fsp3) is 0.182. The molecule has 4 heteroatoms. The van der Waals surface area contributed by atoms with E-state index in [1.54, 1.807) is 12.1 Å². The average molecular weight is 206 g/mol. The predicted molar refractivity (Wildman–Crippen MR) is 54.2 cm³/mol. The van der Waals surface area contributed by atoms with Gasteiger partial charge in [-0.15, -0.1) is 0 Å². The third-order valence-corrected chi connectivity index (χ3v) is 2.28. The highest BCUT2D eigenvalue weighted by Gasteiger charge is 2.17. The minimum atomic E-state index is -1.19. The van der Waals surface area contributed by atoms with Crippen molar-refractivity contribution in [1.82, 2.24) is 0 Å². The average Bonchev–Trinajstić information content (AvgIpc) is 2.59. The van der Waals surface area contributed by atoms with Crippen LogP contribution in [0.15, 0.2) is 22.6 Å². The van der Waals surface area contributed by atoms with E-state index < -0.39 is 5.97 Å². The molecule has 0 saturated heterocycles. The first-order chi connectivity index (χ1) is 7.13. The molecule has 15 heavy (non-hydrogen) atoms. The maximum atomic E-state index is 10.9. The van der Waals surface area contributed by atoms with E-state index in [1.165, 1.54) is 6.07 Å². The monoisotopic (exact) mass is 206 g/mol. The zero-order valence-corrected chi connectivity index (χ0v) is 8.15. The Labute approximate surface area is 85.8 Å². The molecule has 1 heterocycles. The van der Waals surface area contributed by atoms with E-state index in [4.69, 9.17) is 9.52 Å². The van der Waals surface area contributed by atoms with Gasteiger partial charge in [0.1, 0.15) is 17.1 Å². The largest absolute Gasteiger partial charge is 0.507 e. The van der Waals surface area contributed by atoms with Gasteiger partial charge in [-0.25, -0.2) is 4.79 Å². The lowest BCUT2D eigenvalue weighted by Gasteiger charge is -1.98. The summed E-state index contributed by atoms with van der Waals surface area (Å²) < 4.78 is 5.35. The summed E-state index contributed by atoms with van der Waals surface area (Å²) in [5.41, 5.74) is 0.0616. The molecule has 0 saturated carbocycles. The zero-order chi connectivity index (χ0) is 11.0. The summed E-state index contributed by atoms with van der Waals surface area (Å²) in [4.78, 5) is 10.9. The highest BCUT2D eigenvalue weighted by atomic mass is 16.4. The Bertz CT molecular complexity index is 525. The number of aromatic carboxylic acids is 1. The van der Waals surface area contributed by atoms with Crippen LogP contribution in [0.1, 0.15) is 23.0 Å². The summed E-state index contributed by atoms with van der Waals surface area (Å²) >= 11 is 0. The van der Waals surface area contributed by atoms with Gasteiger partial charge in [0.2, 0.25) is 0 Å². The van der Waals surface area contributed by atoms with Gasteiger partial charge in [0.15, 0.2) is 5.58 Å². The van der Waals surface area contributed by atoms with Gasteiger partial charge in [-0.1, -0.05) is 6.92 Å². The van der Waals surface area contributed by atoms with Crippen LogP contribution >= 0.6 is 0 Å². The summed E-state index contributed by atoms with van der Waals surface area (Å²) in [5, 5.41) is 19.0. The van der Waals surface area contributed by atoms with E-state index in [0.29, 0.717) is 17.6 Å². The van der Waals surface area contributed by atoms with E-state index in [-0.39, 0.29) is 16.9 Å². The minimum absolute atomic E-state index is 0.174. The van der Waals surface area contributed by atoms with Crippen molar-refractivity contribution in [2.45, 2.75) is 13.3 Å². The van der Waals surface area contributed by atoms with Crippen molar-refractivity contribution in [3.8, 4) is 5.75 Å². The summed E-state index contributed by atoms with van der Waals surface area (Å²) in [6, 6.07) is 4.78. The van der Waals surface area contributed by atoms with Crippen LogP contribution in [0.25, 0.3) is 11.0 Å². The van der Waals surface area contributed by atoms with Crippen LogP contribution in [0.4, 0.5) is 0 Å². The molecule has 78 valence electrons. The molecule has 0 amide bonds. The first-order valence-corrected chi connectivity index (χ1v) is 4.61. The van der Waals surface area contributed by atoms with Crippen LogP contribution < -0.4 is 0 Å². The quantitative estimate of drug-likeness (QED) is 0.791. The highest BCUT2D eigenvalue weighted by Crippen LogP contribution is 2.29. The lowest BCUT2D eigenvalue weighted by atomic mass is 10.1. The maximum absolute atomic E-state index is 10.9. The molecule has 1 aromatic carbocycles. The standard InChI is InChI=1S/C11H10O4/c1-2-7-5-6-3-4-8(12)9(11(13)14)10(6)15-7/h3-5,12H,2H2,1H3,(H,13,14). The number of benzene rings is 1. The molecular formula is C11H10O4. The van der Waals surface area contributed by atoms with E-state index in [0.717, 1.165) is 0 Å². The van der Waals surface area contributed by atoms with Gasteiger partial charge in [0, 0.05) is 11.8 Å². The van der Waals surface area contributed by atoms with Crippen LogP contribution in [0, 0.1) is 0 Å². The number of rotatable bonds is 2. The molecule has 0 aliphatic carbocycles.